The molecule has 5 heteroatoms. The third kappa shape index (κ3) is 2.28. The minimum absolute atomic E-state index is 0.115. The molecule has 0 bridgehead atoms. The van der Waals surface area contributed by atoms with Crippen molar-refractivity contribution >= 4 is 11.9 Å². The first-order chi connectivity index (χ1) is 7.08. The van der Waals surface area contributed by atoms with Crippen molar-refractivity contribution in [1.82, 2.24) is 4.90 Å². The van der Waals surface area contributed by atoms with Gasteiger partial charge in [0.05, 0.1) is 0 Å². The van der Waals surface area contributed by atoms with Crippen LogP contribution in [-0.4, -0.2) is 40.5 Å². The van der Waals surface area contributed by atoms with Gasteiger partial charge in [0.1, 0.15) is 6.04 Å². The molecule has 0 radical (unpaired) electrons. The summed E-state index contributed by atoms with van der Waals surface area (Å²) in [5, 5.41) is 9.08. The average Bonchev–Trinajstić information content (AvgIpc) is 2.88. The molecule has 1 amide bonds. The molecule has 0 aromatic carbocycles. The van der Waals surface area contributed by atoms with E-state index in [-0.39, 0.29) is 18.4 Å². The van der Waals surface area contributed by atoms with Crippen LogP contribution in [0.25, 0.3) is 0 Å². The van der Waals surface area contributed by atoms with Gasteiger partial charge in [-0.15, -0.1) is 0 Å². The van der Waals surface area contributed by atoms with Crippen molar-refractivity contribution < 1.29 is 14.7 Å². The number of carboxylic acids is 1. The van der Waals surface area contributed by atoms with Crippen molar-refractivity contribution in [2.75, 3.05) is 6.54 Å². The first-order valence-electron chi connectivity index (χ1n) is 5.35. The highest BCUT2D eigenvalue weighted by Gasteiger charge is 2.39. The summed E-state index contributed by atoms with van der Waals surface area (Å²) in [6.07, 6.45) is 3.07. The van der Waals surface area contributed by atoms with Crippen LogP contribution in [0, 0.1) is 5.92 Å². The number of amides is 1. The van der Waals surface area contributed by atoms with Gasteiger partial charge in [0.2, 0.25) is 5.91 Å². The third-order valence-electron chi connectivity index (χ3n) is 3.10. The van der Waals surface area contributed by atoms with Crippen LogP contribution in [0.2, 0.25) is 0 Å². The van der Waals surface area contributed by atoms with Crippen molar-refractivity contribution in [2.45, 2.75) is 37.8 Å². The number of hydrogen-bond donors (Lipinski definition) is 2. The summed E-state index contributed by atoms with van der Waals surface area (Å²) in [5.41, 5.74) is 5.64. The monoisotopic (exact) mass is 212 g/mol. The number of nitrogens with two attached hydrogens (primary N) is 1. The van der Waals surface area contributed by atoms with Crippen LogP contribution in [0.4, 0.5) is 0 Å². The molecule has 1 saturated heterocycles. The molecule has 1 aliphatic carbocycles. The van der Waals surface area contributed by atoms with E-state index in [2.05, 4.69) is 0 Å². The summed E-state index contributed by atoms with van der Waals surface area (Å²) < 4.78 is 0. The van der Waals surface area contributed by atoms with E-state index in [1.807, 2.05) is 0 Å². The lowest BCUT2D eigenvalue weighted by Crippen LogP contribution is -2.43. The number of carbonyl (C=O) groups excluding carboxylic acids is 1. The second-order valence-electron chi connectivity index (χ2n) is 4.54. The van der Waals surface area contributed by atoms with Crippen molar-refractivity contribution in [3.8, 4) is 0 Å². The topological polar surface area (TPSA) is 83.6 Å². The zero-order chi connectivity index (χ0) is 11.0. The van der Waals surface area contributed by atoms with Gasteiger partial charge in [-0.05, 0) is 12.3 Å². The van der Waals surface area contributed by atoms with E-state index < -0.39 is 12.0 Å². The van der Waals surface area contributed by atoms with E-state index in [9.17, 15) is 9.59 Å². The lowest BCUT2D eigenvalue weighted by atomic mass is 10.1. The van der Waals surface area contributed by atoms with Crippen LogP contribution < -0.4 is 5.73 Å². The van der Waals surface area contributed by atoms with Crippen LogP contribution in [0.5, 0.6) is 0 Å². The number of likely N-dealkylation sites (tertiary alicyclic amines) is 1. The summed E-state index contributed by atoms with van der Waals surface area (Å²) in [5.74, 6) is -0.518. The Bertz CT molecular complexity index is 288. The summed E-state index contributed by atoms with van der Waals surface area (Å²) in [6, 6.07) is -0.850. The molecule has 15 heavy (non-hydrogen) atoms. The van der Waals surface area contributed by atoms with Crippen molar-refractivity contribution in [2.24, 2.45) is 11.7 Å². The zero-order valence-corrected chi connectivity index (χ0v) is 8.56. The molecular formula is C10H16N2O3. The van der Waals surface area contributed by atoms with E-state index in [1.165, 1.54) is 4.90 Å². The summed E-state index contributed by atoms with van der Waals surface area (Å²) in [4.78, 5) is 24.0. The van der Waals surface area contributed by atoms with Gasteiger partial charge in [0.25, 0.3) is 0 Å². The molecule has 0 aromatic heterocycles. The molecule has 2 aliphatic rings. The van der Waals surface area contributed by atoms with Gasteiger partial charge in [-0.1, -0.05) is 12.8 Å². The Balaban J connectivity index is 2.02. The van der Waals surface area contributed by atoms with Gasteiger partial charge in [0, 0.05) is 19.0 Å². The minimum Gasteiger partial charge on any atom is -0.480 e. The Morgan fingerprint density at radius 3 is 2.67 bits per heavy atom. The molecule has 1 aliphatic heterocycles. The van der Waals surface area contributed by atoms with Crippen molar-refractivity contribution in [3.05, 3.63) is 0 Å². The van der Waals surface area contributed by atoms with Crippen LogP contribution >= 0.6 is 0 Å². The van der Waals surface area contributed by atoms with Crippen molar-refractivity contribution in [1.29, 1.82) is 0 Å². The first kappa shape index (κ1) is 10.4. The first-order valence-corrected chi connectivity index (χ1v) is 5.35. The molecular weight excluding hydrogens is 196 g/mol. The Kier molecular flexibility index (Phi) is 2.65. The molecule has 2 fully saturated rings. The van der Waals surface area contributed by atoms with E-state index in [1.54, 1.807) is 0 Å². The fourth-order valence-electron chi connectivity index (χ4n) is 2.09. The standard InChI is InChI=1S/C10H16N2O3/c11-7-4-9(13)12(5-7)8(10(14)15)3-6-1-2-6/h6-8H,1-5,11H2,(H,14,15). The lowest BCUT2D eigenvalue weighted by Gasteiger charge is -2.24. The Morgan fingerprint density at radius 1 is 1.60 bits per heavy atom. The van der Waals surface area contributed by atoms with Crippen molar-refractivity contribution in [3.63, 3.8) is 0 Å². The number of carboxylic acid groups (broad SMARTS) is 1. The molecule has 2 atom stereocenters. The molecule has 1 heterocycles. The van der Waals surface area contributed by atoms with Gasteiger partial charge in [0.15, 0.2) is 0 Å². The zero-order valence-electron chi connectivity index (χ0n) is 8.56. The molecule has 0 aromatic rings. The normalized spacial score (nSPS) is 28.2. The van der Waals surface area contributed by atoms with E-state index in [0.29, 0.717) is 18.9 Å². The highest BCUT2D eigenvalue weighted by molar-refractivity contribution is 5.85. The fourth-order valence-corrected chi connectivity index (χ4v) is 2.09. The van der Waals surface area contributed by atoms with E-state index in [4.69, 9.17) is 10.8 Å². The van der Waals surface area contributed by atoms with Crippen LogP contribution in [0.3, 0.4) is 0 Å². The lowest BCUT2D eigenvalue weighted by molar-refractivity contribution is -0.148. The van der Waals surface area contributed by atoms with Gasteiger partial charge >= 0.3 is 5.97 Å². The Labute approximate surface area is 88.2 Å². The molecule has 2 unspecified atom stereocenters. The maximum Gasteiger partial charge on any atom is 0.326 e. The molecule has 0 spiro atoms. The van der Waals surface area contributed by atoms with Crippen LogP contribution in [0.15, 0.2) is 0 Å². The predicted molar refractivity (Wildman–Crippen MR) is 53.1 cm³/mol. The second-order valence-corrected chi connectivity index (χ2v) is 4.54. The summed E-state index contributed by atoms with van der Waals surface area (Å²) in [6.45, 7) is 0.391. The SMILES string of the molecule is NC1CC(=O)N(C(CC2CC2)C(=O)O)C1. The Hall–Kier alpha value is -1.10. The quantitative estimate of drug-likeness (QED) is 0.676. The molecule has 1 saturated carbocycles. The maximum absolute atomic E-state index is 11.5. The third-order valence-corrected chi connectivity index (χ3v) is 3.10. The number of aliphatic carboxylic acids is 1. The van der Waals surface area contributed by atoms with Gasteiger partial charge < -0.3 is 15.7 Å². The molecule has 3 N–H and O–H groups in total. The van der Waals surface area contributed by atoms with Gasteiger partial charge in [-0.2, -0.15) is 0 Å². The van der Waals surface area contributed by atoms with Crippen LogP contribution in [0.1, 0.15) is 25.7 Å². The summed E-state index contributed by atoms with van der Waals surface area (Å²) in [7, 11) is 0. The molecule has 84 valence electrons. The number of rotatable bonds is 4. The predicted octanol–water partition coefficient (Wildman–Crippen LogP) is -0.201. The molecule has 5 nitrogen and oxygen atoms in total. The Morgan fingerprint density at radius 2 is 2.27 bits per heavy atom. The second kappa shape index (κ2) is 3.81. The highest BCUT2D eigenvalue weighted by atomic mass is 16.4. The average molecular weight is 212 g/mol. The number of hydrogen-bond acceptors (Lipinski definition) is 3. The van der Waals surface area contributed by atoms with Gasteiger partial charge in [-0.3, -0.25) is 4.79 Å². The van der Waals surface area contributed by atoms with E-state index >= 15 is 0 Å². The highest BCUT2D eigenvalue weighted by Crippen LogP contribution is 2.35. The largest absolute Gasteiger partial charge is 0.480 e. The number of carbonyl (C=O) groups is 2. The van der Waals surface area contributed by atoms with E-state index in [0.717, 1.165) is 12.8 Å². The smallest absolute Gasteiger partial charge is 0.326 e. The summed E-state index contributed by atoms with van der Waals surface area (Å²) >= 11 is 0. The molecule has 2 rings (SSSR count). The maximum atomic E-state index is 11.5. The van der Waals surface area contributed by atoms with Gasteiger partial charge in [-0.25, -0.2) is 4.79 Å². The fraction of sp³-hybridized carbons (Fsp3) is 0.800. The van der Waals surface area contributed by atoms with Crippen LogP contribution in [-0.2, 0) is 9.59 Å². The minimum atomic E-state index is -0.899. The number of nitrogens with zero attached hydrogens (tertiary/aromatic N) is 1.